The zero-order valence-corrected chi connectivity index (χ0v) is 18.4. The van der Waals surface area contributed by atoms with Gasteiger partial charge in [0.1, 0.15) is 0 Å². The Morgan fingerprint density at radius 2 is 1.87 bits per heavy atom. The van der Waals surface area contributed by atoms with Gasteiger partial charge in [0.25, 0.3) is 11.6 Å². The first-order chi connectivity index (χ1) is 15.0. The summed E-state index contributed by atoms with van der Waals surface area (Å²) in [6.07, 6.45) is 10.2. The number of benzene rings is 2. The Balaban J connectivity index is 1.48. The van der Waals surface area contributed by atoms with Gasteiger partial charge < -0.3 is 10.2 Å². The highest BCUT2D eigenvalue weighted by Crippen LogP contribution is 2.33. The molecule has 1 saturated carbocycles. The van der Waals surface area contributed by atoms with E-state index in [2.05, 4.69) is 16.3 Å². The lowest BCUT2D eigenvalue weighted by Crippen LogP contribution is -2.34. The van der Waals surface area contributed by atoms with E-state index in [0.29, 0.717) is 5.69 Å². The molecule has 2 aliphatic rings. The van der Waals surface area contributed by atoms with E-state index < -0.39 is 10.8 Å². The van der Waals surface area contributed by atoms with E-state index in [-0.39, 0.29) is 16.3 Å². The van der Waals surface area contributed by atoms with Gasteiger partial charge in [0.2, 0.25) is 0 Å². The molecule has 1 aliphatic carbocycles. The molecule has 2 aromatic rings. The van der Waals surface area contributed by atoms with E-state index in [1.807, 2.05) is 12.1 Å². The Morgan fingerprint density at radius 3 is 2.61 bits per heavy atom. The van der Waals surface area contributed by atoms with Crippen LogP contribution < -0.4 is 10.2 Å². The molecule has 0 spiro atoms. The number of hydrogen-bond donors (Lipinski definition) is 1. The zero-order chi connectivity index (χ0) is 21.8. The van der Waals surface area contributed by atoms with Crippen LogP contribution in [0, 0.1) is 16.0 Å². The third-order valence-corrected chi connectivity index (χ3v) is 6.74. The predicted molar refractivity (Wildman–Crippen MR) is 124 cm³/mol. The molecular weight excluding hydrogens is 414 g/mol. The van der Waals surface area contributed by atoms with Crippen molar-refractivity contribution in [3.63, 3.8) is 0 Å². The summed E-state index contributed by atoms with van der Waals surface area (Å²) in [7, 11) is 0. The second-order valence-electron chi connectivity index (χ2n) is 8.63. The SMILES string of the molecule is O=C(Nc1ccc2c(c1)CCCN2CC1CCCCCC1)c1cc([N+](=O)[O-])ccc1Cl. The van der Waals surface area contributed by atoms with Crippen molar-refractivity contribution in [3.8, 4) is 0 Å². The number of nitrogens with one attached hydrogen (secondary N) is 1. The van der Waals surface area contributed by atoms with Gasteiger partial charge in [-0.25, -0.2) is 0 Å². The molecule has 1 heterocycles. The molecule has 0 saturated heterocycles. The number of fused-ring (bicyclic) bond motifs is 1. The summed E-state index contributed by atoms with van der Waals surface area (Å²) in [6, 6.07) is 9.92. The second kappa shape index (κ2) is 9.69. The van der Waals surface area contributed by atoms with Gasteiger partial charge in [-0.1, -0.05) is 37.3 Å². The summed E-state index contributed by atoms with van der Waals surface area (Å²) in [4.78, 5) is 25.7. The molecule has 1 N–H and O–H groups in total. The molecule has 1 aliphatic heterocycles. The smallest absolute Gasteiger partial charge is 0.270 e. The van der Waals surface area contributed by atoms with E-state index >= 15 is 0 Å². The summed E-state index contributed by atoms with van der Waals surface area (Å²) in [5.41, 5.74) is 3.13. The Bertz CT molecular complexity index is 971. The Morgan fingerprint density at radius 1 is 1.10 bits per heavy atom. The number of aryl methyl sites for hydroxylation is 1. The number of carbonyl (C=O) groups excluding carboxylic acids is 1. The van der Waals surface area contributed by atoms with Crippen molar-refractivity contribution >= 4 is 34.6 Å². The Kier molecular flexibility index (Phi) is 6.76. The van der Waals surface area contributed by atoms with E-state index in [1.165, 1.54) is 68.0 Å². The summed E-state index contributed by atoms with van der Waals surface area (Å²) in [5, 5.41) is 14.1. The van der Waals surface area contributed by atoms with Crippen LogP contribution in [0.1, 0.15) is 60.9 Å². The maximum Gasteiger partial charge on any atom is 0.270 e. The fourth-order valence-corrected chi connectivity index (χ4v) is 5.00. The minimum atomic E-state index is -0.533. The number of halogens is 1. The minimum Gasteiger partial charge on any atom is -0.371 e. The van der Waals surface area contributed by atoms with Gasteiger partial charge in [0.15, 0.2) is 0 Å². The van der Waals surface area contributed by atoms with E-state index in [4.69, 9.17) is 11.6 Å². The van der Waals surface area contributed by atoms with E-state index in [0.717, 1.165) is 31.8 Å². The molecule has 1 fully saturated rings. The van der Waals surface area contributed by atoms with Crippen LogP contribution in [0.5, 0.6) is 0 Å². The average molecular weight is 442 g/mol. The normalized spacial score (nSPS) is 17.0. The number of amides is 1. The van der Waals surface area contributed by atoms with Crippen LogP contribution in [0.4, 0.5) is 17.1 Å². The van der Waals surface area contributed by atoms with E-state index in [9.17, 15) is 14.9 Å². The van der Waals surface area contributed by atoms with Crippen molar-refractivity contribution in [1.82, 2.24) is 0 Å². The van der Waals surface area contributed by atoms with Gasteiger partial charge in [-0.05, 0) is 61.4 Å². The molecule has 7 heteroatoms. The first-order valence-corrected chi connectivity index (χ1v) is 11.5. The molecule has 4 rings (SSSR count). The Hall–Kier alpha value is -2.60. The van der Waals surface area contributed by atoms with Gasteiger partial charge in [0, 0.05) is 36.6 Å². The van der Waals surface area contributed by atoms with Gasteiger partial charge in [-0.3, -0.25) is 14.9 Å². The third-order valence-electron chi connectivity index (χ3n) is 6.41. The molecule has 0 unspecified atom stereocenters. The monoisotopic (exact) mass is 441 g/mol. The number of anilines is 2. The zero-order valence-electron chi connectivity index (χ0n) is 17.6. The van der Waals surface area contributed by atoms with Crippen LogP contribution in [0.2, 0.25) is 5.02 Å². The highest BCUT2D eigenvalue weighted by atomic mass is 35.5. The summed E-state index contributed by atoms with van der Waals surface area (Å²) < 4.78 is 0. The second-order valence-corrected chi connectivity index (χ2v) is 9.03. The highest BCUT2D eigenvalue weighted by molar-refractivity contribution is 6.34. The summed E-state index contributed by atoms with van der Waals surface area (Å²) in [6.45, 7) is 2.19. The molecule has 164 valence electrons. The molecule has 6 nitrogen and oxygen atoms in total. The number of non-ortho nitro benzene ring substituents is 1. The fraction of sp³-hybridized carbons (Fsp3) is 0.458. The minimum absolute atomic E-state index is 0.101. The lowest BCUT2D eigenvalue weighted by Gasteiger charge is -2.34. The standard InChI is InChI=1S/C24H28ClN3O3/c25-22-11-10-20(28(30)31)15-21(22)24(29)26-19-9-12-23-18(14-19)8-5-13-27(23)16-17-6-3-1-2-4-7-17/h9-12,14-15,17H,1-8,13,16H2,(H,26,29). The predicted octanol–water partition coefficient (Wildman–Crippen LogP) is 6.22. The van der Waals surface area contributed by atoms with Gasteiger partial charge in [0.05, 0.1) is 15.5 Å². The number of nitro groups is 1. The average Bonchev–Trinajstić information content (AvgIpc) is 3.02. The molecule has 0 atom stereocenters. The van der Waals surface area contributed by atoms with Gasteiger partial charge in [-0.2, -0.15) is 0 Å². The van der Waals surface area contributed by atoms with Crippen LogP contribution in [0.15, 0.2) is 36.4 Å². The number of nitro benzene ring substituents is 1. The van der Waals surface area contributed by atoms with Crippen LogP contribution >= 0.6 is 11.6 Å². The topological polar surface area (TPSA) is 75.5 Å². The van der Waals surface area contributed by atoms with Crippen LogP contribution in [-0.4, -0.2) is 23.9 Å². The molecular formula is C24H28ClN3O3. The van der Waals surface area contributed by atoms with Crippen LogP contribution in [0.3, 0.4) is 0 Å². The van der Waals surface area contributed by atoms with Crippen molar-refractivity contribution in [1.29, 1.82) is 0 Å². The first-order valence-electron chi connectivity index (χ1n) is 11.1. The van der Waals surface area contributed by atoms with Crippen molar-refractivity contribution in [2.45, 2.75) is 51.4 Å². The summed E-state index contributed by atoms with van der Waals surface area (Å²) in [5.74, 6) is 0.323. The Labute approximate surface area is 187 Å². The van der Waals surface area contributed by atoms with Crippen molar-refractivity contribution in [2.75, 3.05) is 23.3 Å². The van der Waals surface area contributed by atoms with Crippen molar-refractivity contribution in [2.24, 2.45) is 5.92 Å². The summed E-state index contributed by atoms with van der Waals surface area (Å²) >= 11 is 6.11. The first kappa shape index (κ1) is 21.6. The fourth-order valence-electron chi connectivity index (χ4n) is 4.80. The maximum absolute atomic E-state index is 12.7. The molecule has 0 radical (unpaired) electrons. The lowest BCUT2D eigenvalue weighted by atomic mass is 9.96. The quantitative estimate of drug-likeness (QED) is 0.339. The van der Waals surface area contributed by atoms with Crippen LogP contribution in [-0.2, 0) is 6.42 Å². The van der Waals surface area contributed by atoms with Crippen molar-refractivity contribution in [3.05, 3.63) is 62.7 Å². The lowest BCUT2D eigenvalue weighted by molar-refractivity contribution is -0.384. The number of carbonyl (C=O) groups is 1. The maximum atomic E-state index is 12.7. The van der Waals surface area contributed by atoms with Crippen molar-refractivity contribution < 1.29 is 9.72 Å². The van der Waals surface area contributed by atoms with Gasteiger partial charge in [-0.15, -0.1) is 0 Å². The number of nitrogens with zero attached hydrogens (tertiary/aromatic N) is 2. The van der Waals surface area contributed by atoms with E-state index in [1.54, 1.807) is 0 Å². The largest absolute Gasteiger partial charge is 0.371 e. The molecule has 1 amide bonds. The number of rotatable bonds is 5. The van der Waals surface area contributed by atoms with Gasteiger partial charge >= 0.3 is 0 Å². The molecule has 0 bridgehead atoms. The third kappa shape index (κ3) is 5.18. The molecule has 2 aromatic carbocycles. The van der Waals surface area contributed by atoms with Crippen LogP contribution in [0.25, 0.3) is 0 Å². The number of hydrogen-bond acceptors (Lipinski definition) is 4. The highest BCUT2D eigenvalue weighted by Gasteiger charge is 2.22. The molecule has 31 heavy (non-hydrogen) atoms. The molecule has 0 aromatic heterocycles.